The molecule has 430 valence electrons. The van der Waals surface area contributed by atoms with E-state index in [1.807, 2.05) is 0 Å². The highest BCUT2D eigenvalue weighted by Crippen LogP contribution is 2.12. The lowest BCUT2D eigenvalue weighted by molar-refractivity contribution is -0.136. The highest BCUT2D eigenvalue weighted by molar-refractivity contribution is 5.98. The van der Waals surface area contributed by atoms with E-state index < -0.39 is 96.1 Å². The Morgan fingerprint density at radius 3 is 0.961 bits per heavy atom. The lowest BCUT2D eigenvalue weighted by Crippen LogP contribution is -2.60. The summed E-state index contributed by atoms with van der Waals surface area (Å²) in [5.41, 5.74) is 56.6. The molecule has 0 radical (unpaired) electrons. The van der Waals surface area contributed by atoms with Crippen molar-refractivity contribution in [1.29, 1.82) is 0 Å². The van der Waals surface area contributed by atoms with Gasteiger partial charge in [0.25, 0.3) is 0 Å². The van der Waals surface area contributed by atoms with Gasteiger partial charge in [-0.25, -0.2) is 0 Å². The van der Waals surface area contributed by atoms with Gasteiger partial charge in [-0.05, 0) is 109 Å². The highest BCUT2D eigenvalue weighted by atomic mass is 16.2. The van der Waals surface area contributed by atoms with Gasteiger partial charge < -0.3 is 99.9 Å². The summed E-state index contributed by atoms with van der Waals surface area (Å²) in [6.07, 6.45) is 1.99. The molecule has 0 saturated carbocycles. The van der Waals surface area contributed by atoms with Crippen LogP contribution in [-0.2, 0) is 44.8 Å². The van der Waals surface area contributed by atoms with Crippen LogP contribution in [0.4, 0.5) is 0 Å². The molecule has 7 atom stereocenters. The zero-order chi connectivity index (χ0) is 57.1. The molecule has 0 aliphatic carbocycles. The number of hydrogen-bond donors (Lipinski definition) is 18. The molecule has 30 nitrogen and oxygen atoms in total. The number of unbranched alkanes of at least 4 members (excludes halogenated alkanes) is 2. The first-order valence-corrected chi connectivity index (χ1v) is 25.8. The average Bonchev–Trinajstić information content (AvgIpc) is 3.37. The van der Waals surface area contributed by atoms with Crippen molar-refractivity contribution >= 4 is 71.1 Å². The first kappa shape index (κ1) is 65.1. The summed E-state index contributed by atoms with van der Waals surface area (Å²) in [5, 5.41) is 21.5. The summed E-state index contributed by atoms with van der Waals surface area (Å²) in [4.78, 5) is 130. The van der Waals surface area contributed by atoms with Gasteiger partial charge in [-0.3, -0.25) is 58.3 Å². The molecule has 1 fully saturated rings. The molecule has 77 heavy (non-hydrogen) atoms. The molecule has 1 aliphatic rings. The molecule has 8 amide bonds. The van der Waals surface area contributed by atoms with Crippen molar-refractivity contribution in [3.05, 3.63) is 35.9 Å². The molecule has 1 aromatic rings. The molecule has 28 N–H and O–H groups in total. The summed E-state index contributed by atoms with van der Waals surface area (Å²) in [6, 6.07) is -0.647. The number of benzene rings is 1. The number of guanidine groups is 4. The van der Waals surface area contributed by atoms with E-state index in [2.05, 4.69) is 62.5 Å². The molecule has 0 spiro atoms. The molecule has 0 bridgehead atoms. The Balaban J connectivity index is 2.85. The minimum Gasteiger partial charge on any atom is -0.370 e. The smallest absolute Gasteiger partial charge is 0.243 e. The Labute approximate surface area is 448 Å². The van der Waals surface area contributed by atoms with Gasteiger partial charge in [-0.1, -0.05) is 30.3 Å². The number of amides is 8. The normalized spacial score (nSPS) is 21.4. The first-order chi connectivity index (χ1) is 36.7. The van der Waals surface area contributed by atoms with Crippen LogP contribution in [0.25, 0.3) is 0 Å². The second kappa shape index (κ2) is 36.8. The van der Waals surface area contributed by atoms with Gasteiger partial charge >= 0.3 is 0 Å². The third-order valence-electron chi connectivity index (χ3n) is 11.8. The average molecular weight is 1090 g/mol. The lowest BCUT2D eigenvalue weighted by Gasteiger charge is -2.28. The van der Waals surface area contributed by atoms with Gasteiger partial charge in [0.1, 0.15) is 42.3 Å². The van der Waals surface area contributed by atoms with Crippen LogP contribution in [-0.4, -0.2) is 159 Å². The van der Waals surface area contributed by atoms with E-state index in [0.717, 1.165) is 0 Å². The van der Waals surface area contributed by atoms with Crippen molar-refractivity contribution in [2.75, 3.05) is 45.8 Å². The van der Waals surface area contributed by atoms with Gasteiger partial charge in [0, 0.05) is 32.6 Å². The number of nitrogens with zero attached hydrogens (tertiary/aromatic N) is 4. The minimum atomic E-state index is -1.37. The molecule has 0 unspecified atom stereocenters. The number of nitrogens with one attached hydrogen (secondary N) is 8. The standard InChI is InChI=1S/C47H84N22O8/c48-20-6-4-14-30-38(72)66-32(17-9-23-59-45(52)53)40(74)64-29(16-8-22-58-44(50)51)37(71)62-27-36(70)63-35(26-28-12-2-1-3-13-28)43(77)69-31(15-5-7-21-49)39(73)67-34(19-11-25-61-47(56)57)42(76)68-33(41(75)65-30)18-10-24-60-46(54)55/h1-3,12-13,29-35H,4-11,14-27,48-49H2,(H,62,71)(H,63,70)(H,64,74)(H,65,75)(H,66,72)(H,67,73)(H,68,76)(H,69,77)(H4,50,51,58)(H4,52,53,59)(H4,54,55,60)(H4,56,57,61)/t29-,30-,31-,32-,33-,34-,35+/m0/s1. The molecule has 0 aromatic heterocycles. The number of rotatable bonds is 26. The monoisotopic (exact) mass is 1080 g/mol. The van der Waals surface area contributed by atoms with Crippen molar-refractivity contribution in [2.24, 2.45) is 77.3 Å². The van der Waals surface area contributed by atoms with Crippen LogP contribution in [0.1, 0.15) is 95.5 Å². The van der Waals surface area contributed by atoms with E-state index in [4.69, 9.17) is 57.3 Å². The van der Waals surface area contributed by atoms with Crippen LogP contribution in [0, 0.1) is 0 Å². The fraction of sp³-hybridized carbons (Fsp3) is 0.617. The fourth-order valence-electron chi connectivity index (χ4n) is 7.84. The van der Waals surface area contributed by atoms with E-state index in [1.54, 1.807) is 30.3 Å². The largest absolute Gasteiger partial charge is 0.370 e. The third kappa shape index (κ3) is 27.9. The summed E-state index contributed by atoms with van der Waals surface area (Å²) >= 11 is 0. The maximum Gasteiger partial charge on any atom is 0.243 e. The quantitative estimate of drug-likeness (QED) is 0.0233. The van der Waals surface area contributed by atoms with Gasteiger partial charge in [0.05, 0.1) is 6.54 Å². The number of carbonyl (C=O) groups excluding carboxylic acids is 8. The Bertz CT molecular complexity index is 2160. The van der Waals surface area contributed by atoms with Crippen molar-refractivity contribution in [1.82, 2.24) is 42.5 Å². The van der Waals surface area contributed by atoms with E-state index >= 15 is 0 Å². The van der Waals surface area contributed by atoms with Gasteiger partial charge in [0.15, 0.2) is 23.8 Å². The molecular weight excluding hydrogens is 1000 g/mol. The SMILES string of the molecule is NCCCC[C@@H]1NC(=O)[C@H](CCCN=C(N)N)NC(=O)[C@H](CCCN=C(N)N)NC(=O)[C@H](CCCCN)NC(=O)[C@@H](Cc2ccccc2)NC(=O)CNC(=O)[C@H](CCCN=C(N)N)NC(=O)[C@H](CCCN=C(N)N)NC1=O. The Kier molecular flexibility index (Phi) is 31.1. The van der Waals surface area contributed by atoms with E-state index in [-0.39, 0.29) is 134 Å². The molecule has 2 rings (SSSR count). The molecule has 30 heteroatoms. The van der Waals surface area contributed by atoms with Gasteiger partial charge in [-0.2, -0.15) is 0 Å². The molecule has 1 aromatic carbocycles. The van der Waals surface area contributed by atoms with Crippen LogP contribution in [0.3, 0.4) is 0 Å². The molecule has 1 saturated heterocycles. The van der Waals surface area contributed by atoms with Gasteiger partial charge in [0.2, 0.25) is 47.3 Å². The van der Waals surface area contributed by atoms with Crippen LogP contribution in [0.15, 0.2) is 50.3 Å². The van der Waals surface area contributed by atoms with Gasteiger partial charge in [-0.15, -0.1) is 0 Å². The lowest BCUT2D eigenvalue weighted by atomic mass is 10.0. The first-order valence-electron chi connectivity index (χ1n) is 25.8. The van der Waals surface area contributed by atoms with E-state index in [1.165, 1.54) is 0 Å². The number of hydrogen-bond acceptors (Lipinski definition) is 14. The second-order valence-electron chi connectivity index (χ2n) is 18.3. The van der Waals surface area contributed by atoms with E-state index in [9.17, 15) is 38.4 Å². The number of carbonyl (C=O) groups is 8. The summed E-state index contributed by atoms with van der Waals surface area (Å²) in [6.45, 7) is 0.0377. The second-order valence-corrected chi connectivity index (χ2v) is 18.3. The fourth-order valence-corrected chi connectivity index (χ4v) is 7.84. The van der Waals surface area contributed by atoms with Crippen molar-refractivity contribution < 1.29 is 38.4 Å². The molecule has 1 aliphatic heterocycles. The highest BCUT2D eigenvalue weighted by Gasteiger charge is 2.34. The zero-order valence-electron chi connectivity index (χ0n) is 43.8. The Morgan fingerprint density at radius 1 is 0.377 bits per heavy atom. The summed E-state index contributed by atoms with van der Waals surface area (Å²) in [7, 11) is 0. The van der Waals surface area contributed by atoms with Crippen molar-refractivity contribution in [3.63, 3.8) is 0 Å². The van der Waals surface area contributed by atoms with Crippen LogP contribution in [0.5, 0.6) is 0 Å². The number of aliphatic imine (C=N–C) groups is 4. The van der Waals surface area contributed by atoms with Crippen LogP contribution >= 0.6 is 0 Å². The van der Waals surface area contributed by atoms with Crippen molar-refractivity contribution in [3.8, 4) is 0 Å². The van der Waals surface area contributed by atoms with E-state index in [0.29, 0.717) is 31.2 Å². The predicted octanol–water partition coefficient (Wildman–Crippen LogP) is -6.78. The number of nitrogens with two attached hydrogens (primary N) is 10. The predicted molar refractivity (Wildman–Crippen MR) is 292 cm³/mol. The van der Waals surface area contributed by atoms with Crippen molar-refractivity contribution in [2.45, 2.75) is 139 Å². The summed E-state index contributed by atoms with van der Waals surface area (Å²) in [5.74, 6) is -7.31. The summed E-state index contributed by atoms with van der Waals surface area (Å²) < 4.78 is 0. The maximum atomic E-state index is 14.5. The maximum absolute atomic E-state index is 14.5. The minimum absolute atomic E-state index is 0.0244. The third-order valence-corrected chi connectivity index (χ3v) is 11.8. The van der Waals surface area contributed by atoms with Crippen LogP contribution in [0.2, 0.25) is 0 Å². The molecular formula is C47H84N22O8. The Morgan fingerprint density at radius 2 is 0.662 bits per heavy atom. The zero-order valence-corrected chi connectivity index (χ0v) is 43.8. The van der Waals surface area contributed by atoms with Crippen LogP contribution < -0.4 is 99.9 Å². The Hall–Kier alpha value is -8.02. The molecule has 1 heterocycles. The topological polar surface area (TPSA) is 542 Å².